The van der Waals surface area contributed by atoms with Crippen LogP contribution in [0.1, 0.15) is 119 Å². The van der Waals surface area contributed by atoms with Crippen molar-refractivity contribution in [2.75, 3.05) is 0 Å². The van der Waals surface area contributed by atoms with E-state index in [-0.39, 0.29) is 22.2 Å². The monoisotopic (exact) mass is 456 g/mol. The summed E-state index contributed by atoms with van der Waals surface area (Å²) in [4.78, 5) is 12.5. The van der Waals surface area contributed by atoms with E-state index in [1.807, 2.05) is 18.1 Å². The van der Waals surface area contributed by atoms with Gasteiger partial charge in [-0.25, -0.2) is 0 Å². The first-order valence-electron chi connectivity index (χ1n) is 13.8. The third-order valence-corrected chi connectivity index (χ3v) is 13.0. The van der Waals surface area contributed by atoms with Crippen molar-refractivity contribution < 1.29 is 15.0 Å². The zero-order valence-electron chi connectivity index (χ0n) is 22.3. The molecule has 0 aliphatic heterocycles. The maximum atomic E-state index is 12.5. The molecule has 0 heterocycles. The van der Waals surface area contributed by atoms with Gasteiger partial charge in [-0.1, -0.05) is 52.7 Å². The molecule has 4 fully saturated rings. The van der Waals surface area contributed by atoms with E-state index in [1.165, 1.54) is 44.9 Å². The van der Waals surface area contributed by atoms with Gasteiger partial charge in [0.25, 0.3) is 0 Å². The number of aliphatic hydroxyl groups is 1. The summed E-state index contributed by atoms with van der Waals surface area (Å²) in [7, 11) is 0. The van der Waals surface area contributed by atoms with Crippen LogP contribution in [0.15, 0.2) is 11.1 Å². The first-order chi connectivity index (χ1) is 15.1. The molecule has 2 N–H and O–H groups in total. The lowest BCUT2D eigenvalue weighted by Gasteiger charge is -2.70. The second kappa shape index (κ2) is 6.89. The Labute approximate surface area is 201 Å². The van der Waals surface area contributed by atoms with E-state index in [0.717, 1.165) is 19.3 Å². The second-order valence-corrected chi connectivity index (χ2v) is 14.9. The minimum atomic E-state index is -1.02. The van der Waals surface area contributed by atoms with Crippen molar-refractivity contribution in [3.8, 4) is 0 Å². The molecule has 8 atom stereocenters. The summed E-state index contributed by atoms with van der Waals surface area (Å²) in [6.07, 6.45) is 11.8. The number of allylic oxidation sites excluding steroid dienone is 2. The summed E-state index contributed by atoms with van der Waals surface area (Å²) in [5, 5.41) is 21.1. The van der Waals surface area contributed by atoms with Crippen molar-refractivity contribution in [2.24, 2.45) is 44.3 Å². The van der Waals surface area contributed by atoms with Crippen LogP contribution in [-0.2, 0) is 4.79 Å². The Morgan fingerprint density at radius 1 is 0.788 bits per heavy atom. The standard InChI is InChI=1S/C30H48O3/c1-25(2)14-15-26(3)16-17-28(5)19(20(26)18-25)8-9-21-27(4)12-11-23(31)30(7,24(32)33)22(27)10-13-29(21,28)6/h21-23,31H,8-18H2,1-7H3,(H,32,33)/t21?,22?,23-,26-,27-,28-,29-,30-/m1/s1. The van der Waals surface area contributed by atoms with Crippen LogP contribution in [0.25, 0.3) is 0 Å². The Morgan fingerprint density at radius 2 is 1.45 bits per heavy atom. The number of rotatable bonds is 1. The molecule has 3 heteroatoms. The summed E-state index contributed by atoms with van der Waals surface area (Å²) >= 11 is 0. The predicted molar refractivity (Wildman–Crippen MR) is 133 cm³/mol. The SMILES string of the molecule is CC1(C)CC[C@]2(C)CC[C@]3(C)C(=C2C1)CCC1[C@@]2(C)CC[C@@H](O)[C@](C)(C(=O)O)C2CC[C@]13C. The molecule has 2 unspecified atom stereocenters. The van der Waals surface area contributed by atoms with Gasteiger partial charge in [-0.2, -0.15) is 0 Å². The normalized spacial score (nSPS) is 53.4. The molecular weight excluding hydrogens is 408 g/mol. The van der Waals surface area contributed by atoms with Crippen LogP contribution in [0.4, 0.5) is 0 Å². The van der Waals surface area contributed by atoms with Crippen molar-refractivity contribution in [3.63, 3.8) is 0 Å². The van der Waals surface area contributed by atoms with Crippen LogP contribution in [0.5, 0.6) is 0 Å². The smallest absolute Gasteiger partial charge is 0.312 e. The Hall–Kier alpha value is -0.830. The Kier molecular flexibility index (Phi) is 4.99. The van der Waals surface area contributed by atoms with E-state index in [0.29, 0.717) is 23.2 Å². The Bertz CT molecular complexity index is 902. The number of aliphatic carboxylic acids is 1. The Morgan fingerprint density at radius 3 is 2.12 bits per heavy atom. The van der Waals surface area contributed by atoms with E-state index in [2.05, 4.69) is 41.5 Å². The van der Waals surface area contributed by atoms with Crippen LogP contribution >= 0.6 is 0 Å². The largest absolute Gasteiger partial charge is 0.481 e. The van der Waals surface area contributed by atoms with E-state index in [1.54, 1.807) is 0 Å². The lowest BCUT2D eigenvalue weighted by molar-refractivity contribution is -0.217. The fourth-order valence-electron chi connectivity index (χ4n) is 10.5. The number of hydrogen-bond acceptors (Lipinski definition) is 2. The van der Waals surface area contributed by atoms with Crippen molar-refractivity contribution >= 4 is 5.97 Å². The third kappa shape index (κ3) is 2.87. The molecule has 0 radical (unpaired) electrons. The van der Waals surface area contributed by atoms with Crippen molar-refractivity contribution in [3.05, 3.63) is 11.1 Å². The van der Waals surface area contributed by atoms with Crippen molar-refractivity contribution in [2.45, 2.75) is 125 Å². The fraction of sp³-hybridized carbons (Fsp3) is 0.900. The highest BCUT2D eigenvalue weighted by Crippen LogP contribution is 2.75. The number of hydrogen-bond donors (Lipinski definition) is 2. The summed E-state index contributed by atoms with van der Waals surface area (Å²) in [6.45, 7) is 16.9. The molecule has 0 aromatic carbocycles. The van der Waals surface area contributed by atoms with Gasteiger partial charge in [0.2, 0.25) is 0 Å². The van der Waals surface area contributed by atoms with Gasteiger partial charge >= 0.3 is 5.97 Å². The highest BCUT2D eigenvalue weighted by atomic mass is 16.4. The molecular formula is C30H48O3. The van der Waals surface area contributed by atoms with Gasteiger partial charge in [0, 0.05) is 0 Å². The van der Waals surface area contributed by atoms with E-state index >= 15 is 0 Å². The highest BCUT2D eigenvalue weighted by Gasteiger charge is 2.69. The summed E-state index contributed by atoms with van der Waals surface area (Å²) < 4.78 is 0. The number of carboxylic acid groups (broad SMARTS) is 1. The first-order valence-corrected chi connectivity index (χ1v) is 13.8. The number of aliphatic hydroxyl groups excluding tert-OH is 1. The van der Waals surface area contributed by atoms with Crippen molar-refractivity contribution in [1.82, 2.24) is 0 Å². The second-order valence-electron chi connectivity index (χ2n) is 14.9. The molecule has 0 bridgehead atoms. The van der Waals surface area contributed by atoms with Gasteiger partial charge in [0.15, 0.2) is 0 Å². The van der Waals surface area contributed by atoms with E-state index in [4.69, 9.17) is 0 Å². The average Bonchev–Trinajstić information content (AvgIpc) is 2.72. The lowest BCUT2D eigenvalue weighted by Crippen LogP contribution is -2.65. The maximum absolute atomic E-state index is 12.5. The van der Waals surface area contributed by atoms with Gasteiger partial charge in [-0.15, -0.1) is 0 Å². The van der Waals surface area contributed by atoms with Gasteiger partial charge in [0.05, 0.1) is 11.5 Å². The summed E-state index contributed by atoms with van der Waals surface area (Å²) in [6, 6.07) is 0. The summed E-state index contributed by atoms with van der Waals surface area (Å²) in [5.41, 5.74) is 3.83. The van der Waals surface area contributed by atoms with Gasteiger partial charge in [0.1, 0.15) is 0 Å². The van der Waals surface area contributed by atoms with E-state index < -0.39 is 17.5 Å². The molecule has 5 aliphatic carbocycles. The molecule has 33 heavy (non-hydrogen) atoms. The minimum Gasteiger partial charge on any atom is -0.481 e. The van der Waals surface area contributed by atoms with Gasteiger partial charge < -0.3 is 10.2 Å². The molecule has 5 rings (SSSR count). The molecule has 4 saturated carbocycles. The predicted octanol–water partition coefficient (Wildman–Crippen LogP) is 7.38. The molecule has 0 saturated heterocycles. The number of carbonyl (C=O) groups is 1. The van der Waals surface area contributed by atoms with Crippen LogP contribution in [0.3, 0.4) is 0 Å². The lowest BCUT2D eigenvalue weighted by atomic mass is 9.34. The summed E-state index contributed by atoms with van der Waals surface area (Å²) in [5.74, 6) is -0.202. The van der Waals surface area contributed by atoms with Crippen LogP contribution in [-0.4, -0.2) is 22.3 Å². The van der Waals surface area contributed by atoms with Crippen LogP contribution in [0.2, 0.25) is 0 Å². The zero-order chi connectivity index (χ0) is 24.2. The van der Waals surface area contributed by atoms with Crippen LogP contribution in [0, 0.1) is 44.3 Å². The quantitative estimate of drug-likeness (QED) is 0.405. The topological polar surface area (TPSA) is 57.5 Å². The molecule has 0 amide bonds. The average molecular weight is 457 g/mol. The van der Waals surface area contributed by atoms with Crippen LogP contribution < -0.4 is 0 Å². The molecule has 186 valence electrons. The Balaban J connectivity index is 1.60. The molecule has 3 nitrogen and oxygen atoms in total. The number of fused-ring (bicyclic) bond motifs is 6. The number of carboxylic acids is 1. The van der Waals surface area contributed by atoms with Gasteiger partial charge in [-0.05, 0) is 116 Å². The minimum absolute atomic E-state index is 0.00877. The molecule has 0 aromatic rings. The third-order valence-electron chi connectivity index (χ3n) is 13.0. The highest BCUT2D eigenvalue weighted by molar-refractivity contribution is 5.76. The molecule has 5 aliphatic rings. The molecule has 0 spiro atoms. The van der Waals surface area contributed by atoms with Gasteiger partial charge in [-0.3, -0.25) is 4.79 Å². The van der Waals surface area contributed by atoms with Crippen molar-refractivity contribution in [1.29, 1.82) is 0 Å². The zero-order valence-corrected chi connectivity index (χ0v) is 22.3. The maximum Gasteiger partial charge on any atom is 0.312 e. The molecule has 0 aromatic heterocycles. The fourth-order valence-corrected chi connectivity index (χ4v) is 10.5. The first kappa shape index (κ1) is 23.9. The van der Waals surface area contributed by atoms with E-state index in [9.17, 15) is 15.0 Å².